The van der Waals surface area contributed by atoms with Gasteiger partial charge in [0.1, 0.15) is 0 Å². The van der Waals surface area contributed by atoms with Crippen molar-refractivity contribution in [2.24, 2.45) is 17.6 Å². The minimum Gasteiger partial charge on any atom is -0.490 e. The number of aliphatic carboxylic acids is 1. The molecule has 5 heteroatoms. The lowest BCUT2D eigenvalue weighted by molar-refractivity contribution is -0.141. The van der Waals surface area contributed by atoms with Gasteiger partial charge in [0.25, 0.3) is 0 Å². The molecular weight excluding hydrogens is 282 g/mol. The van der Waals surface area contributed by atoms with Crippen LogP contribution in [0.3, 0.4) is 0 Å². The Labute approximate surface area is 132 Å². The molecule has 124 valence electrons. The fraction of sp³-hybridized carbons (Fsp3) is 0.588. The van der Waals surface area contributed by atoms with Gasteiger partial charge < -0.3 is 20.3 Å². The van der Waals surface area contributed by atoms with Crippen molar-refractivity contribution in [2.75, 3.05) is 19.8 Å². The van der Waals surface area contributed by atoms with Gasteiger partial charge >= 0.3 is 5.97 Å². The molecule has 0 aliphatic rings. The third-order valence-electron chi connectivity index (χ3n) is 3.54. The van der Waals surface area contributed by atoms with E-state index in [0.29, 0.717) is 19.6 Å². The first kappa shape index (κ1) is 18.3. The van der Waals surface area contributed by atoms with Gasteiger partial charge in [0, 0.05) is 6.54 Å². The van der Waals surface area contributed by atoms with Gasteiger partial charge in [0.15, 0.2) is 11.5 Å². The SMILES string of the molecule is CCOc1cccc(CC(C)CC(CN)C(=O)O)c1OCC. The Morgan fingerprint density at radius 1 is 1.27 bits per heavy atom. The molecule has 2 atom stereocenters. The minimum atomic E-state index is -0.831. The van der Waals surface area contributed by atoms with E-state index < -0.39 is 11.9 Å². The van der Waals surface area contributed by atoms with Gasteiger partial charge in [-0.15, -0.1) is 0 Å². The van der Waals surface area contributed by atoms with Crippen LogP contribution in [0.4, 0.5) is 0 Å². The van der Waals surface area contributed by atoms with E-state index in [0.717, 1.165) is 23.5 Å². The Morgan fingerprint density at radius 3 is 2.50 bits per heavy atom. The molecule has 0 aromatic heterocycles. The summed E-state index contributed by atoms with van der Waals surface area (Å²) in [5, 5.41) is 9.12. The van der Waals surface area contributed by atoms with Crippen LogP contribution in [0.1, 0.15) is 32.8 Å². The van der Waals surface area contributed by atoms with Crippen molar-refractivity contribution in [2.45, 2.75) is 33.6 Å². The molecular formula is C17H27NO4. The number of hydrogen-bond donors (Lipinski definition) is 2. The van der Waals surface area contributed by atoms with Gasteiger partial charge in [-0.2, -0.15) is 0 Å². The van der Waals surface area contributed by atoms with Crippen LogP contribution in [0.15, 0.2) is 18.2 Å². The van der Waals surface area contributed by atoms with Gasteiger partial charge in [-0.25, -0.2) is 0 Å². The van der Waals surface area contributed by atoms with Crippen LogP contribution in [0, 0.1) is 11.8 Å². The third kappa shape index (κ3) is 5.22. The van der Waals surface area contributed by atoms with Crippen molar-refractivity contribution < 1.29 is 19.4 Å². The largest absolute Gasteiger partial charge is 0.490 e. The van der Waals surface area contributed by atoms with Crippen molar-refractivity contribution in [3.8, 4) is 11.5 Å². The van der Waals surface area contributed by atoms with Gasteiger partial charge in [-0.05, 0) is 44.2 Å². The third-order valence-corrected chi connectivity index (χ3v) is 3.54. The monoisotopic (exact) mass is 309 g/mol. The molecule has 5 nitrogen and oxygen atoms in total. The quantitative estimate of drug-likeness (QED) is 0.694. The van der Waals surface area contributed by atoms with E-state index in [1.807, 2.05) is 39.0 Å². The average molecular weight is 309 g/mol. The molecule has 1 rings (SSSR count). The fourth-order valence-electron chi connectivity index (χ4n) is 2.54. The summed E-state index contributed by atoms with van der Waals surface area (Å²) in [6.45, 7) is 7.21. The highest BCUT2D eigenvalue weighted by Gasteiger charge is 2.20. The van der Waals surface area contributed by atoms with Crippen LogP contribution in [-0.2, 0) is 11.2 Å². The number of rotatable bonds is 10. The molecule has 0 bridgehead atoms. The lowest BCUT2D eigenvalue weighted by Gasteiger charge is -2.19. The predicted octanol–water partition coefficient (Wildman–Crippen LogP) is 2.71. The first-order valence-electron chi connectivity index (χ1n) is 7.83. The van der Waals surface area contributed by atoms with Crippen LogP contribution in [0.25, 0.3) is 0 Å². The van der Waals surface area contributed by atoms with E-state index in [2.05, 4.69) is 0 Å². The van der Waals surface area contributed by atoms with Crippen molar-refractivity contribution in [3.05, 3.63) is 23.8 Å². The van der Waals surface area contributed by atoms with E-state index in [-0.39, 0.29) is 12.5 Å². The molecule has 1 aromatic rings. The van der Waals surface area contributed by atoms with E-state index in [1.165, 1.54) is 0 Å². The van der Waals surface area contributed by atoms with E-state index in [9.17, 15) is 4.79 Å². The molecule has 1 aromatic carbocycles. The summed E-state index contributed by atoms with van der Waals surface area (Å²) < 4.78 is 11.3. The minimum absolute atomic E-state index is 0.164. The highest BCUT2D eigenvalue weighted by molar-refractivity contribution is 5.70. The molecule has 0 saturated heterocycles. The number of benzene rings is 1. The Kier molecular flexibility index (Phi) is 7.74. The summed E-state index contributed by atoms with van der Waals surface area (Å²) in [4.78, 5) is 11.1. The summed E-state index contributed by atoms with van der Waals surface area (Å²) in [6, 6.07) is 5.83. The topological polar surface area (TPSA) is 81.8 Å². The summed E-state index contributed by atoms with van der Waals surface area (Å²) in [6.07, 6.45) is 1.29. The second-order valence-electron chi connectivity index (χ2n) is 5.43. The number of carboxylic acid groups (broad SMARTS) is 1. The molecule has 0 amide bonds. The number of carbonyl (C=O) groups is 1. The summed E-state index contributed by atoms with van der Waals surface area (Å²) in [5.41, 5.74) is 6.57. The first-order chi connectivity index (χ1) is 10.5. The van der Waals surface area contributed by atoms with E-state index in [4.69, 9.17) is 20.3 Å². The van der Waals surface area contributed by atoms with Gasteiger partial charge in [0.05, 0.1) is 19.1 Å². The maximum atomic E-state index is 11.1. The predicted molar refractivity (Wildman–Crippen MR) is 86.4 cm³/mol. The van der Waals surface area contributed by atoms with E-state index >= 15 is 0 Å². The molecule has 0 aliphatic heterocycles. The maximum absolute atomic E-state index is 11.1. The maximum Gasteiger partial charge on any atom is 0.307 e. The second-order valence-corrected chi connectivity index (χ2v) is 5.43. The van der Waals surface area contributed by atoms with Crippen molar-refractivity contribution in [1.82, 2.24) is 0 Å². The van der Waals surface area contributed by atoms with Crippen molar-refractivity contribution in [1.29, 1.82) is 0 Å². The van der Waals surface area contributed by atoms with Crippen LogP contribution >= 0.6 is 0 Å². The molecule has 2 unspecified atom stereocenters. The van der Waals surface area contributed by atoms with Crippen molar-refractivity contribution >= 4 is 5.97 Å². The molecule has 0 aliphatic carbocycles. The second kappa shape index (κ2) is 9.30. The molecule has 0 spiro atoms. The fourth-order valence-corrected chi connectivity index (χ4v) is 2.54. The lowest BCUT2D eigenvalue weighted by atomic mass is 9.90. The lowest BCUT2D eigenvalue weighted by Crippen LogP contribution is -2.25. The zero-order valence-corrected chi connectivity index (χ0v) is 13.7. The normalized spacial score (nSPS) is 13.5. The number of ether oxygens (including phenoxy) is 2. The Morgan fingerprint density at radius 2 is 1.95 bits per heavy atom. The van der Waals surface area contributed by atoms with Gasteiger partial charge in [-0.3, -0.25) is 4.79 Å². The molecule has 0 heterocycles. The Bertz CT molecular complexity index is 476. The van der Waals surface area contributed by atoms with Crippen LogP contribution in [0.2, 0.25) is 0 Å². The highest BCUT2D eigenvalue weighted by Crippen LogP contribution is 2.33. The number of carboxylic acids is 1. The Hall–Kier alpha value is -1.75. The van der Waals surface area contributed by atoms with E-state index in [1.54, 1.807) is 0 Å². The highest BCUT2D eigenvalue weighted by atomic mass is 16.5. The molecule has 0 saturated carbocycles. The van der Waals surface area contributed by atoms with Gasteiger partial charge in [0.2, 0.25) is 0 Å². The molecule has 22 heavy (non-hydrogen) atoms. The standard InChI is InChI=1S/C17H27NO4/c1-4-21-15-8-6-7-13(16(15)22-5-2)9-12(3)10-14(11-18)17(19)20/h6-8,12,14H,4-5,9-11,18H2,1-3H3,(H,19,20). The summed E-state index contributed by atoms with van der Waals surface area (Å²) >= 11 is 0. The Balaban J connectivity index is 2.87. The number of nitrogens with two attached hydrogens (primary N) is 1. The molecule has 0 fully saturated rings. The van der Waals surface area contributed by atoms with Crippen LogP contribution < -0.4 is 15.2 Å². The van der Waals surface area contributed by atoms with Gasteiger partial charge in [-0.1, -0.05) is 19.1 Å². The first-order valence-corrected chi connectivity index (χ1v) is 7.83. The smallest absolute Gasteiger partial charge is 0.307 e. The summed E-state index contributed by atoms with van der Waals surface area (Å²) in [5.74, 6) is 0.366. The van der Waals surface area contributed by atoms with Crippen LogP contribution in [-0.4, -0.2) is 30.8 Å². The number of para-hydroxylation sites is 1. The number of hydrogen-bond acceptors (Lipinski definition) is 4. The zero-order valence-electron chi connectivity index (χ0n) is 13.7. The van der Waals surface area contributed by atoms with Crippen molar-refractivity contribution in [3.63, 3.8) is 0 Å². The molecule has 0 radical (unpaired) electrons. The van der Waals surface area contributed by atoms with Crippen LogP contribution in [0.5, 0.6) is 11.5 Å². The zero-order chi connectivity index (χ0) is 16.5. The average Bonchev–Trinajstić information content (AvgIpc) is 2.48. The summed E-state index contributed by atoms with van der Waals surface area (Å²) in [7, 11) is 0. The molecule has 3 N–H and O–H groups in total.